The summed E-state index contributed by atoms with van der Waals surface area (Å²) in [5.41, 5.74) is 0. The first-order valence-corrected chi connectivity index (χ1v) is 2.37. The van der Waals surface area contributed by atoms with Gasteiger partial charge in [-0.3, -0.25) is 4.79 Å². The first kappa shape index (κ1) is 7.99. The third-order valence-electron chi connectivity index (χ3n) is 0.843. The van der Waals surface area contributed by atoms with E-state index in [9.17, 15) is 4.79 Å². The molecule has 0 aromatic heterocycles. The molecule has 0 bridgehead atoms. The van der Waals surface area contributed by atoms with Gasteiger partial charge < -0.3 is 9.84 Å². The van der Waals surface area contributed by atoms with Gasteiger partial charge in [-0.2, -0.15) is 0 Å². The highest BCUT2D eigenvalue weighted by Gasteiger charge is 2.13. The van der Waals surface area contributed by atoms with Crippen molar-refractivity contribution in [1.82, 2.24) is 0 Å². The second kappa shape index (κ2) is 3.93. The lowest BCUT2D eigenvalue weighted by atomic mass is 10.2. The van der Waals surface area contributed by atoms with E-state index in [4.69, 9.17) is 11.5 Å². The normalized spacial score (nSPS) is 11.7. The third kappa shape index (κ3) is 2.15. The Morgan fingerprint density at radius 1 is 2.00 bits per heavy atom. The van der Waals surface area contributed by atoms with Crippen molar-refractivity contribution < 1.29 is 14.6 Å². The average molecular weight is 127 g/mol. The molecule has 9 heavy (non-hydrogen) atoms. The standard InChI is InChI=1S/C6H7O3/c1-3-5(4-7)6(8)9-2/h5,7H,4H2,2H3. The Labute approximate surface area is 53.6 Å². The lowest BCUT2D eigenvalue weighted by Crippen LogP contribution is -2.17. The molecule has 0 rings (SSSR count). The lowest BCUT2D eigenvalue weighted by molar-refractivity contribution is -0.144. The SMILES string of the molecule is [C]#CC(CO)C(=O)OC. The summed E-state index contributed by atoms with van der Waals surface area (Å²) >= 11 is 0. The van der Waals surface area contributed by atoms with Gasteiger partial charge in [0.15, 0.2) is 0 Å². The van der Waals surface area contributed by atoms with Gasteiger partial charge in [-0.15, -0.1) is 0 Å². The van der Waals surface area contributed by atoms with Crippen LogP contribution in [0.25, 0.3) is 0 Å². The minimum Gasteiger partial charge on any atom is -0.468 e. The fourth-order valence-corrected chi connectivity index (χ4v) is 0.321. The molecule has 1 N–H and O–H groups in total. The fourth-order valence-electron chi connectivity index (χ4n) is 0.321. The summed E-state index contributed by atoms with van der Waals surface area (Å²) < 4.78 is 4.21. The molecule has 49 valence electrons. The number of methoxy groups -OCH3 is 1. The summed E-state index contributed by atoms with van der Waals surface area (Å²) in [5.74, 6) is 0.275. The van der Waals surface area contributed by atoms with Crippen molar-refractivity contribution >= 4 is 5.97 Å². The molecule has 0 aliphatic heterocycles. The maximum Gasteiger partial charge on any atom is 0.323 e. The quantitative estimate of drug-likeness (QED) is 0.396. The Hall–Kier alpha value is -1.01. The summed E-state index contributed by atoms with van der Waals surface area (Å²) in [5, 5.41) is 8.34. The Balaban J connectivity index is 3.84. The maximum absolute atomic E-state index is 10.4. The smallest absolute Gasteiger partial charge is 0.323 e. The van der Waals surface area contributed by atoms with Crippen molar-refractivity contribution in [2.24, 2.45) is 5.92 Å². The van der Waals surface area contributed by atoms with Crippen LogP contribution in [0.15, 0.2) is 0 Å². The summed E-state index contributed by atoms with van der Waals surface area (Å²) in [6.07, 6.45) is 6.48. The largest absolute Gasteiger partial charge is 0.468 e. The van der Waals surface area contributed by atoms with Crippen LogP contribution in [-0.4, -0.2) is 24.8 Å². The van der Waals surface area contributed by atoms with E-state index < -0.39 is 18.5 Å². The molecule has 3 nitrogen and oxygen atoms in total. The number of aliphatic hydroxyl groups excluding tert-OH is 1. The van der Waals surface area contributed by atoms with Crippen LogP contribution in [0.1, 0.15) is 0 Å². The van der Waals surface area contributed by atoms with E-state index >= 15 is 0 Å². The Morgan fingerprint density at radius 2 is 2.56 bits per heavy atom. The van der Waals surface area contributed by atoms with E-state index in [0.717, 1.165) is 0 Å². The molecule has 0 fully saturated rings. The van der Waals surface area contributed by atoms with Crippen molar-refractivity contribution in [2.45, 2.75) is 0 Å². The molecule has 0 aromatic carbocycles. The highest BCUT2D eigenvalue weighted by atomic mass is 16.5. The van der Waals surface area contributed by atoms with Crippen molar-refractivity contribution in [2.75, 3.05) is 13.7 Å². The van der Waals surface area contributed by atoms with Gasteiger partial charge in [0.25, 0.3) is 0 Å². The van der Waals surface area contributed by atoms with Gasteiger partial charge in [-0.1, -0.05) is 5.92 Å². The zero-order valence-corrected chi connectivity index (χ0v) is 5.05. The van der Waals surface area contributed by atoms with Crippen molar-refractivity contribution in [3.63, 3.8) is 0 Å². The Kier molecular flexibility index (Phi) is 3.49. The van der Waals surface area contributed by atoms with Crippen LogP contribution in [-0.2, 0) is 9.53 Å². The van der Waals surface area contributed by atoms with Crippen molar-refractivity contribution in [1.29, 1.82) is 0 Å². The number of carbonyl (C=O) groups is 1. The van der Waals surface area contributed by atoms with E-state index in [1.807, 2.05) is 5.92 Å². The minimum absolute atomic E-state index is 0.420. The van der Waals surface area contributed by atoms with Crippen LogP contribution < -0.4 is 0 Å². The van der Waals surface area contributed by atoms with Gasteiger partial charge in [0.05, 0.1) is 13.7 Å². The molecule has 3 heteroatoms. The van der Waals surface area contributed by atoms with Gasteiger partial charge in [0.1, 0.15) is 5.92 Å². The van der Waals surface area contributed by atoms with E-state index in [1.54, 1.807) is 0 Å². The molecule has 1 radical (unpaired) electrons. The zero-order chi connectivity index (χ0) is 7.28. The number of rotatable bonds is 2. The van der Waals surface area contributed by atoms with E-state index in [-0.39, 0.29) is 0 Å². The molecule has 0 saturated carbocycles. The van der Waals surface area contributed by atoms with Crippen molar-refractivity contribution in [3.8, 4) is 5.92 Å². The second-order valence-corrected chi connectivity index (χ2v) is 1.40. The van der Waals surface area contributed by atoms with E-state index in [1.165, 1.54) is 7.11 Å². The number of aliphatic hydroxyl groups is 1. The number of carbonyl (C=O) groups excluding carboxylic acids is 1. The summed E-state index contributed by atoms with van der Waals surface area (Å²) in [6, 6.07) is 0. The molecule has 0 aromatic rings. The summed E-state index contributed by atoms with van der Waals surface area (Å²) in [6.45, 7) is -0.420. The molecule has 1 atom stereocenters. The predicted octanol–water partition coefficient (Wildman–Crippen LogP) is -0.642. The number of esters is 1. The van der Waals surface area contributed by atoms with Crippen LogP contribution in [0, 0.1) is 18.3 Å². The van der Waals surface area contributed by atoms with Gasteiger partial charge in [-0.25, -0.2) is 0 Å². The van der Waals surface area contributed by atoms with Gasteiger partial charge in [0.2, 0.25) is 0 Å². The van der Waals surface area contributed by atoms with E-state index in [2.05, 4.69) is 4.74 Å². The van der Waals surface area contributed by atoms with Gasteiger partial charge in [-0.05, 0) is 6.42 Å². The second-order valence-electron chi connectivity index (χ2n) is 1.40. The molecular formula is C6H7O3. The number of hydrogen-bond donors (Lipinski definition) is 1. The molecular weight excluding hydrogens is 120 g/mol. The fraction of sp³-hybridized carbons (Fsp3) is 0.500. The monoisotopic (exact) mass is 127 g/mol. The third-order valence-corrected chi connectivity index (χ3v) is 0.843. The van der Waals surface area contributed by atoms with Crippen LogP contribution in [0.2, 0.25) is 0 Å². The predicted molar refractivity (Wildman–Crippen MR) is 29.7 cm³/mol. The molecule has 0 spiro atoms. The lowest BCUT2D eigenvalue weighted by Gasteiger charge is -2.01. The number of ether oxygens (including phenoxy) is 1. The first-order valence-electron chi connectivity index (χ1n) is 2.37. The number of hydrogen-bond acceptors (Lipinski definition) is 3. The van der Waals surface area contributed by atoms with Crippen LogP contribution in [0.3, 0.4) is 0 Å². The summed E-state index contributed by atoms with van der Waals surface area (Å²) in [4.78, 5) is 10.4. The van der Waals surface area contributed by atoms with Gasteiger partial charge >= 0.3 is 5.97 Å². The van der Waals surface area contributed by atoms with Gasteiger partial charge in [0, 0.05) is 0 Å². The molecule has 0 aliphatic rings. The van der Waals surface area contributed by atoms with Crippen LogP contribution >= 0.6 is 0 Å². The van der Waals surface area contributed by atoms with Crippen molar-refractivity contribution in [3.05, 3.63) is 6.42 Å². The molecule has 0 saturated heterocycles. The maximum atomic E-state index is 10.4. The summed E-state index contributed by atoms with van der Waals surface area (Å²) in [7, 11) is 1.20. The van der Waals surface area contributed by atoms with Crippen LogP contribution in [0.5, 0.6) is 0 Å². The van der Waals surface area contributed by atoms with Crippen LogP contribution in [0.4, 0.5) is 0 Å². The zero-order valence-electron chi connectivity index (χ0n) is 5.05. The molecule has 0 amide bonds. The molecule has 0 aliphatic carbocycles. The first-order chi connectivity index (χ1) is 4.26. The average Bonchev–Trinajstić information content (AvgIpc) is 1.90. The highest BCUT2D eigenvalue weighted by Crippen LogP contribution is 1.93. The minimum atomic E-state index is -0.921. The highest BCUT2D eigenvalue weighted by molar-refractivity contribution is 5.75. The topological polar surface area (TPSA) is 46.5 Å². The Bertz CT molecular complexity index is 134. The van der Waals surface area contributed by atoms with E-state index in [0.29, 0.717) is 0 Å². The molecule has 1 unspecified atom stereocenters. The molecule has 0 heterocycles. The Morgan fingerprint density at radius 3 is 2.67 bits per heavy atom.